The average Bonchev–Trinajstić information content (AvgIpc) is 2.01. The Morgan fingerprint density at radius 1 is 1.55 bits per heavy atom. The Hall–Kier alpha value is -0.600. The van der Waals surface area contributed by atoms with Gasteiger partial charge in [-0.1, -0.05) is 36.0 Å². The lowest BCUT2D eigenvalue weighted by atomic mass is 10.2. The second-order valence-electron chi connectivity index (χ2n) is 2.13. The van der Waals surface area contributed by atoms with Crippen LogP contribution in [0.3, 0.4) is 0 Å². The van der Waals surface area contributed by atoms with Gasteiger partial charge in [0.1, 0.15) is 0 Å². The zero-order valence-corrected chi connectivity index (χ0v) is 7.45. The minimum atomic E-state index is 0.740. The number of nitrogens with one attached hydrogen (secondary N) is 1. The summed E-state index contributed by atoms with van der Waals surface area (Å²) in [5.74, 6) is 0. The molecule has 0 heterocycles. The molecule has 0 amide bonds. The minimum absolute atomic E-state index is 0.740. The molecule has 0 fully saturated rings. The fourth-order valence-electron chi connectivity index (χ4n) is 0.806. The first-order valence-electron chi connectivity index (χ1n) is 3.24. The standard InChI is InChI=1S/C8H8ClNS/c9-8-3-1-2-7(4-8)5-10-6-11/h1-4,6H,5H2,(H,10,11). The van der Waals surface area contributed by atoms with Crippen LogP contribution in [0.25, 0.3) is 0 Å². The molecule has 3 heteroatoms. The Bertz CT molecular complexity index is 250. The largest absolute Gasteiger partial charge is 0.378 e. The summed E-state index contributed by atoms with van der Waals surface area (Å²) in [7, 11) is 0. The molecule has 0 radical (unpaired) electrons. The second kappa shape index (κ2) is 4.31. The van der Waals surface area contributed by atoms with Crippen LogP contribution in [0.5, 0.6) is 0 Å². The van der Waals surface area contributed by atoms with Gasteiger partial charge in [-0.3, -0.25) is 0 Å². The van der Waals surface area contributed by atoms with E-state index in [1.807, 2.05) is 24.3 Å². The van der Waals surface area contributed by atoms with Crippen LogP contribution >= 0.6 is 23.8 Å². The summed E-state index contributed by atoms with van der Waals surface area (Å²) in [6, 6.07) is 7.68. The van der Waals surface area contributed by atoms with Crippen LogP contribution in [0.2, 0.25) is 5.02 Å². The van der Waals surface area contributed by atoms with Gasteiger partial charge in [-0.05, 0) is 17.7 Å². The van der Waals surface area contributed by atoms with E-state index in [-0.39, 0.29) is 0 Å². The molecule has 0 aliphatic rings. The monoisotopic (exact) mass is 185 g/mol. The molecule has 0 aromatic heterocycles. The van der Waals surface area contributed by atoms with E-state index in [0.717, 1.165) is 17.1 Å². The van der Waals surface area contributed by atoms with E-state index in [1.165, 1.54) is 5.49 Å². The summed E-state index contributed by atoms with van der Waals surface area (Å²) in [6.07, 6.45) is 0. The molecule has 1 aromatic rings. The van der Waals surface area contributed by atoms with Gasteiger partial charge >= 0.3 is 0 Å². The highest BCUT2D eigenvalue weighted by Crippen LogP contribution is 2.09. The maximum atomic E-state index is 5.76. The molecule has 0 saturated heterocycles. The van der Waals surface area contributed by atoms with Gasteiger partial charge in [0.15, 0.2) is 0 Å². The van der Waals surface area contributed by atoms with Crippen LogP contribution in [-0.4, -0.2) is 5.49 Å². The summed E-state index contributed by atoms with van der Waals surface area (Å²) in [4.78, 5) is 0. The molecule has 1 aromatic carbocycles. The molecule has 0 saturated carbocycles. The highest BCUT2D eigenvalue weighted by atomic mass is 35.5. The van der Waals surface area contributed by atoms with Crippen molar-refractivity contribution in [2.45, 2.75) is 6.54 Å². The molecule has 0 atom stereocenters. The Labute approximate surface area is 76.4 Å². The number of thiocarbonyl (C=S) groups is 1. The topological polar surface area (TPSA) is 12.0 Å². The Morgan fingerprint density at radius 2 is 2.36 bits per heavy atom. The smallest absolute Gasteiger partial charge is 0.0617 e. The minimum Gasteiger partial charge on any atom is -0.378 e. The number of benzene rings is 1. The summed E-state index contributed by atoms with van der Waals surface area (Å²) < 4.78 is 0. The molecule has 11 heavy (non-hydrogen) atoms. The van der Waals surface area contributed by atoms with Crippen LogP contribution in [0.1, 0.15) is 5.56 Å². The summed E-state index contributed by atoms with van der Waals surface area (Å²) in [5.41, 5.74) is 2.64. The Balaban J connectivity index is 2.63. The van der Waals surface area contributed by atoms with Gasteiger partial charge < -0.3 is 5.32 Å². The third kappa shape index (κ3) is 2.87. The van der Waals surface area contributed by atoms with Crippen molar-refractivity contribution in [3.05, 3.63) is 34.9 Å². The molecule has 0 unspecified atom stereocenters. The SMILES string of the molecule is S=CNCc1cccc(Cl)c1. The van der Waals surface area contributed by atoms with E-state index >= 15 is 0 Å². The molecule has 58 valence electrons. The molecule has 0 aliphatic heterocycles. The third-order valence-corrected chi connectivity index (χ3v) is 1.68. The molecular formula is C8H8ClNS. The molecule has 1 nitrogen and oxygen atoms in total. The molecule has 0 spiro atoms. The lowest BCUT2D eigenvalue weighted by molar-refractivity contribution is 0.944. The van der Waals surface area contributed by atoms with Crippen LogP contribution in [-0.2, 0) is 6.54 Å². The predicted octanol–water partition coefficient (Wildman–Crippen LogP) is 2.39. The van der Waals surface area contributed by atoms with Crippen molar-refractivity contribution in [2.75, 3.05) is 0 Å². The molecule has 1 rings (SSSR count). The number of hydrogen-bond donors (Lipinski definition) is 1. The Kier molecular flexibility index (Phi) is 3.33. The van der Waals surface area contributed by atoms with Crippen molar-refractivity contribution in [3.8, 4) is 0 Å². The first-order chi connectivity index (χ1) is 5.33. The van der Waals surface area contributed by atoms with E-state index in [9.17, 15) is 0 Å². The van der Waals surface area contributed by atoms with Crippen molar-refractivity contribution in [3.63, 3.8) is 0 Å². The van der Waals surface area contributed by atoms with Gasteiger partial charge in [-0.25, -0.2) is 0 Å². The zero-order valence-electron chi connectivity index (χ0n) is 5.88. The highest BCUT2D eigenvalue weighted by Gasteiger charge is 1.90. The number of rotatable bonds is 3. The first kappa shape index (κ1) is 8.50. The van der Waals surface area contributed by atoms with Crippen molar-refractivity contribution in [1.29, 1.82) is 0 Å². The maximum Gasteiger partial charge on any atom is 0.0617 e. The lowest BCUT2D eigenvalue weighted by Crippen LogP contribution is -2.07. The van der Waals surface area contributed by atoms with Crippen LogP contribution < -0.4 is 5.32 Å². The van der Waals surface area contributed by atoms with Crippen molar-refractivity contribution in [2.24, 2.45) is 0 Å². The highest BCUT2D eigenvalue weighted by molar-refractivity contribution is 7.78. The van der Waals surface area contributed by atoms with Crippen molar-refractivity contribution >= 4 is 29.3 Å². The first-order valence-corrected chi connectivity index (χ1v) is 4.09. The van der Waals surface area contributed by atoms with E-state index in [2.05, 4.69) is 17.5 Å². The normalized spacial score (nSPS) is 9.18. The summed E-state index contributed by atoms with van der Waals surface area (Å²) >= 11 is 10.4. The molecule has 0 bridgehead atoms. The van der Waals surface area contributed by atoms with Gasteiger partial charge in [-0.2, -0.15) is 0 Å². The van der Waals surface area contributed by atoms with Crippen LogP contribution in [0, 0.1) is 0 Å². The number of hydrogen-bond acceptors (Lipinski definition) is 1. The average molecular weight is 186 g/mol. The molecule has 0 aliphatic carbocycles. The molecular weight excluding hydrogens is 178 g/mol. The second-order valence-corrected chi connectivity index (χ2v) is 2.80. The van der Waals surface area contributed by atoms with Gasteiger partial charge in [0.2, 0.25) is 0 Å². The quantitative estimate of drug-likeness (QED) is 0.726. The summed E-state index contributed by atoms with van der Waals surface area (Å²) in [5, 5.41) is 3.68. The van der Waals surface area contributed by atoms with Crippen molar-refractivity contribution < 1.29 is 0 Å². The fourth-order valence-corrected chi connectivity index (χ4v) is 1.10. The van der Waals surface area contributed by atoms with Crippen molar-refractivity contribution in [1.82, 2.24) is 5.32 Å². The fraction of sp³-hybridized carbons (Fsp3) is 0.125. The molecule has 1 N–H and O–H groups in total. The van der Waals surface area contributed by atoms with E-state index < -0.39 is 0 Å². The Morgan fingerprint density at radius 3 is 3.00 bits per heavy atom. The third-order valence-electron chi connectivity index (χ3n) is 1.28. The zero-order chi connectivity index (χ0) is 8.10. The lowest BCUT2D eigenvalue weighted by Gasteiger charge is -1.99. The van der Waals surface area contributed by atoms with E-state index in [4.69, 9.17) is 11.6 Å². The summed E-state index contributed by atoms with van der Waals surface area (Å²) in [6.45, 7) is 0.740. The van der Waals surface area contributed by atoms with Gasteiger partial charge in [0.25, 0.3) is 0 Å². The number of halogens is 1. The van der Waals surface area contributed by atoms with E-state index in [0.29, 0.717) is 0 Å². The van der Waals surface area contributed by atoms with Gasteiger partial charge in [0.05, 0.1) is 5.49 Å². The van der Waals surface area contributed by atoms with Gasteiger partial charge in [0, 0.05) is 11.6 Å². The maximum absolute atomic E-state index is 5.76. The predicted molar refractivity (Wildman–Crippen MR) is 51.9 cm³/mol. The van der Waals surface area contributed by atoms with Crippen LogP contribution in [0.15, 0.2) is 24.3 Å². The van der Waals surface area contributed by atoms with Gasteiger partial charge in [-0.15, -0.1) is 0 Å². The van der Waals surface area contributed by atoms with Crippen LogP contribution in [0.4, 0.5) is 0 Å². The van der Waals surface area contributed by atoms with E-state index in [1.54, 1.807) is 0 Å².